The smallest absolute Gasteiger partial charge is 0.221 e. The van der Waals surface area contributed by atoms with Crippen LogP contribution >= 0.6 is 11.3 Å². The number of aryl methyl sites for hydroxylation is 2. The van der Waals surface area contributed by atoms with Gasteiger partial charge in [0, 0.05) is 11.3 Å². The molecular formula is C19H26N2O3S2. The highest BCUT2D eigenvalue weighted by Gasteiger charge is 2.22. The molecule has 1 aromatic carbocycles. The molecule has 0 bridgehead atoms. The molecule has 2 rings (SSSR count). The van der Waals surface area contributed by atoms with Gasteiger partial charge in [0.05, 0.1) is 22.4 Å². The fourth-order valence-corrected chi connectivity index (χ4v) is 4.83. The maximum absolute atomic E-state index is 12.4. The summed E-state index contributed by atoms with van der Waals surface area (Å²) >= 11 is 1.58. The minimum absolute atomic E-state index is 0.0604. The zero-order valence-corrected chi connectivity index (χ0v) is 17.3. The van der Waals surface area contributed by atoms with E-state index in [1.807, 2.05) is 13.8 Å². The number of nitrogens with one attached hydrogen (secondary N) is 1. The van der Waals surface area contributed by atoms with Crippen LogP contribution in [0.2, 0.25) is 0 Å². The van der Waals surface area contributed by atoms with E-state index < -0.39 is 9.84 Å². The summed E-state index contributed by atoms with van der Waals surface area (Å²) in [5.74, 6) is -0.0776. The Balaban J connectivity index is 2.03. The Labute approximate surface area is 159 Å². The Hall–Kier alpha value is -1.73. The number of hydrogen-bond acceptors (Lipinski definition) is 5. The molecule has 0 radical (unpaired) electrons. The van der Waals surface area contributed by atoms with Crippen molar-refractivity contribution in [1.29, 1.82) is 0 Å². The average Bonchev–Trinajstić information content (AvgIpc) is 2.92. The van der Waals surface area contributed by atoms with Crippen molar-refractivity contribution in [2.24, 2.45) is 5.92 Å². The van der Waals surface area contributed by atoms with Gasteiger partial charge in [-0.15, -0.1) is 11.3 Å². The lowest BCUT2D eigenvalue weighted by atomic mass is 10.0. The Bertz CT molecular complexity index is 823. The summed E-state index contributed by atoms with van der Waals surface area (Å²) in [4.78, 5) is 18.3. The van der Waals surface area contributed by atoms with Crippen LogP contribution in [0.15, 0.2) is 35.2 Å². The van der Waals surface area contributed by atoms with E-state index in [-0.39, 0.29) is 29.0 Å². The van der Waals surface area contributed by atoms with Gasteiger partial charge in [-0.3, -0.25) is 4.79 Å². The summed E-state index contributed by atoms with van der Waals surface area (Å²) in [7, 11) is -3.46. The first-order valence-corrected chi connectivity index (χ1v) is 11.2. The molecule has 1 unspecified atom stereocenters. The van der Waals surface area contributed by atoms with Gasteiger partial charge in [0.25, 0.3) is 0 Å². The third kappa shape index (κ3) is 5.64. The fourth-order valence-electron chi connectivity index (χ4n) is 2.58. The van der Waals surface area contributed by atoms with Crippen LogP contribution in [0.1, 0.15) is 48.3 Å². The second kappa shape index (κ2) is 8.77. The van der Waals surface area contributed by atoms with Gasteiger partial charge in [0.15, 0.2) is 9.84 Å². The van der Waals surface area contributed by atoms with E-state index in [2.05, 4.69) is 24.1 Å². The molecular weight excluding hydrogens is 368 g/mol. The first kappa shape index (κ1) is 20.6. The highest BCUT2D eigenvalue weighted by atomic mass is 32.2. The van der Waals surface area contributed by atoms with Gasteiger partial charge in [-0.05, 0) is 38.3 Å². The Morgan fingerprint density at radius 3 is 2.38 bits per heavy atom. The van der Waals surface area contributed by atoms with Gasteiger partial charge >= 0.3 is 0 Å². The lowest BCUT2D eigenvalue weighted by Crippen LogP contribution is -2.30. The maximum Gasteiger partial charge on any atom is 0.221 e. The number of carbonyl (C=O) groups is 1. The lowest BCUT2D eigenvalue weighted by Gasteiger charge is -2.18. The molecule has 2 aromatic rings. The highest BCUT2D eigenvalue weighted by molar-refractivity contribution is 7.91. The van der Waals surface area contributed by atoms with Gasteiger partial charge in [0.2, 0.25) is 5.91 Å². The molecule has 1 aromatic heterocycles. The number of hydrogen-bond donors (Lipinski definition) is 1. The molecule has 26 heavy (non-hydrogen) atoms. The molecule has 142 valence electrons. The third-order valence-electron chi connectivity index (χ3n) is 4.09. The minimum atomic E-state index is -3.46. The summed E-state index contributed by atoms with van der Waals surface area (Å²) in [6.45, 7) is 8.14. The van der Waals surface area contributed by atoms with Crippen LogP contribution in [-0.2, 0) is 14.6 Å². The van der Waals surface area contributed by atoms with Gasteiger partial charge < -0.3 is 5.32 Å². The fraction of sp³-hybridized carbons (Fsp3) is 0.474. The molecule has 1 heterocycles. The van der Waals surface area contributed by atoms with E-state index in [9.17, 15) is 13.2 Å². The van der Waals surface area contributed by atoms with E-state index in [0.717, 1.165) is 22.0 Å². The second-order valence-corrected chi connectivity index (χ2v) is 10.2. The predicted octanol–water partition coefficient (Wildman–Crippen LogP) is 3.83. The van der Waals surface area contributed by atoms with Crippen LogP contribution in [0, 0.1) is 19.8 Å². The van der Waals surface area contributed by atoms with E-state index in [1.54, 1.807) is 41.7 Å². The molecule has 0 saturated heterocycles. The van der Waals surface area contributed by atoms with Crippen LogP contribution in [0.5, 0.6) is 0 Å². The summed E-state index contributed by atoms with van der Waals surface area (Å²) in [6, 6.07) is 8.04. The van der Waals surface area contributed by atoms with Crippen LogP contribution in [-0.4, -0.2) is 25.1 Å². The normalized spacial score (nSPS) is 13.0. The Morgan fingerprint density at radius 1 is 1.19 bits per heavy atom. The molecule has 0 spiro atoms. The standard InChI is InChI=1S/C19H26N2O3S2/c1-13(2)12-17(19-20-14(3)15(4)25-19)21-18(22)10-11-26(23,24)16-8-6-5-7-9-16/h5-9,13,17H,10-12H2,1-4H3,(H,21,22). The van der Waals surface area contributed by atoms with Crippen molar-refractivity contribution in [2.75, 3.05) is 5.75 Å². The molecule has 1 amide bonds. The number of sulfone groups is 1. The van der Waals surface area contributed by atoms with Crippen molar-refractivity contribution in [1.82, 2.24) is 10.3 Å². The zero-order valence-electron chi connectivity index (χ0n) is 15.7. The Morgan fingerprint density at radius 2 is 1.85 bits per heavy atom. The molecule has 0 saturated carbocycles. The van der Waals surface area contributed by atoms with Crippen molar-refractivity contribution < 1.29 is 13.2 Å². The topological polar surface area (TPSA) is 76.1 Å². The SMILES string of the molecule is Cc1nc(C(CC(C)C)NC(=O)CCS(=O)(=O)c2ccccc2)sc1C. The molecule has 5 nitrogen and oxygen atoms in total. The van der Waals surface area contributed by atoms with Crippen molar-refractivity contribution in [3.63, 3.8) is 0 Å². The summed E-state index contributed by atoms with van der Waals surface area (Å²) in [6.07, 6.45) is 0.707. The van der Waals surface area contributed by atoms with Crippen LogP contribution in [0.25, 0.3) is 0 Å². The predicted molar refractivity (Wildman–Crippen MR) is 105 cm³/mol. The van der Waals surface area contributed by atoms with Crippen LogP contribution < -0.4 is 5.32 Å². The second-order valence-electron chi connectivity index (χ2n) is 6.83. The van der Waals surface area contributed by atoms with E-state index in [1.165, 1.54) is 0 Å². The van der Waals surface area contributed by atoms with Crippen LogP contribution in [0.3, 0.4) is 0 Å². The number of amides is 1. The van der Waals surface area contributed by atoms with E-state index >= 15 is 0 Å². The van der Waals surface area contributed by atoms with Crippen molar-refractivity contribution in [3.8, 4) is 0 Å². The highest BCUT2D eigenvalue weighted by Crippen LogP contribution is 2.27. The number of rotatable bonds is 8. The van der Waals surface area contributed by atoms with Gasteiger partial charge in [-0.25, -0.2) is 13.4 Å². The minimum Gasteiger partial charge on any atom is -0.347 e. The molecule has 0 fully saturated rings. The maximum atomic E-state index is 12.4. The van der Waals surface area contributed by atoms with Crippen LogP contribution in [0.4, 0.5) is 0 Å². The first-order chi connectivity index (χ1) is 12.2. The molecule has 0 aliphatic heterocycles. The molecule has 0 aliphatic carbocycles. The quantitative estimate of drug-likeness (QED) is 0.738. The lowest BCUT2D eigenvalue weighted by molar-refractivity contribution is -0.121. The van der Waals surface area contributed by atoms with Crippen molar-refractivity contribution >= 4 is 27.1 Å². The van der Waals surface area contributed by atoms with Crippen molar-refractivity contribution in [2.45, 2.75) is 51.5 Å². The average molecular weight is 395 g/mol. The van der Waals surface area contributed by atoms with E-state index in [0.29, 0.717) is 5.92 Å². The first-order valence-electron chi connectivity index (χ1n) is 8.70. The van der Waals surface area contributed by atoms with Gasteiger partial charge in [0.1, 0.15) is 5.01 Å². The zero-order chi connectivity index (χ0) is 19.3. The van der Waals surface area contributed by atoms with Gasteiger partial charge in [-0.2, -0.15) is 0 Å². The largest absolute Gasteiger partial charge is 0.347 e. The summed E-state index contributed by atoms with van der Waals surface area (Å²) in [5, 5.41) is 3.86. The summed E-state index contributed by atoms with van der Waals surface area (Å²) < 4.78 is 24.7. The molecule has 7 heteroatoms. The number of nitrogens with zero attached hydrogens (tertiary/aromatic N) is 1. The summed E-state index contributed by atoms with van der Waals surface area (Å²) in [5.41, 5.74) is 0.972. The molecule has 1 N–H and O–H groups in total. The van der Waals surface area contributed by atoms with Gasteiger partial charge in [-0.1, -0.05) is 32.0 Å². The monoisotopic (exact) mass is 394 g/mol. The number of benzene rings is 1. The Kier molecular flexibility index (Phi) is 6.94. The van der Waals surface area contributed by atoms with E-state index in [4.69, 9.17) is 0 Å². The number of thiazole rings is 1. The number of aromatic nitrogens is 1. The van der Waals surface area contributed by atoms with Crippen molar-refractivity contribution in [3.05, 3.63) is 45.9 Å². The third-order valence-corrected chi connectivity index (χ3v) is 7.00. The molecule has 1 atom stereocenters. The number of carbonyl (C=O) groups excluding carboxylic acids is 1. The molecule has 0 aliphatic rings.